The fourth-order valence-electron chi connectivity index (χ4n) is 5.01. The largest absolute Gasteiger partial charge is 0.206 e. The van der Waals surface area contributed by atoms with E-state index in [4.69, 9.17) is 0 Å². The molecule has 0 heterocycles. The van der Waals surface area contributed by atoms with Gasteiger partial charge in [-0.05, 0) is 97.6 Å². The molecule has 0 nitrogen and oxygen atoms in total. The van der Waals surface area contributed by atoms with Gasteiger partial charge in [0.05, 0.1) is 0 Å². The van der Waals surface area contributed by atoms with Gasteiger partial charge in [0.25, 0.3) is 0 Å². The molecule has 2 fully saturated rings. The molecule has 2 aromatic carbocycles. The molecule has 0 unspecified atom stereocenters. The van der Waals surface area contributed by atoms with Crippen molar-refractivity contribution in [3.63, 3.8) is 0 Å². The average Bonchev–Trinajstić information content (AvgIpc) is 3.12. The maximum Gasteiger partial charge on any atom is 0.130 e. The van der Waals surface area contributed by atoms with Crippen LogP contribution < -0.4 is 0 Å². The first-order valence-corrected chi connectivity index (χ1v) is 10.6. The summed E-state index contributed by atoms with van der Waals surface area (Å²) in [6, 6.07) is 7.96. The topological polar surface area (TPSA) is 0 Å². The molecule has 0 radical (unpaired) electrons. The summed E-state index contributed by atoms with van der Waals surface area (Å²) in [6.45, 7) is 3.87. The first-order valence-electron chi connectivity index (χ1n) is 10.6. The van der Waals surface area contributed by atoms with Crippen LogP contribution in [0.4, 0.5) is 8.78 Å². The van der Waals surface area contributed by atoms with E-state index in [0.29, 0.717) is 24.7 Å². The molecule has 0 aromatic heterocycles. The van der Waals surface area contributed by atoms with Gasteiger partial charge in [-0.1, -0.05) is 43.5 Å². The molecule has 2 aliphatic carbocycles. The number of benzene rings is 2. The summed E-state index contributed by atoms with van der Waals surface area (Å²) in [6.07, 6.45) is 9.35. The normalized spacial score (nSPS) is 18.1. The summed E-state index contributed by atoms with van der Waals surface area (Å²) in [5.41, 5.74) is 5.53. The van der Waals surface area contributed by atoms with Gasteiger partial charge in [0, 0.05) is 0 Å². The predicted molar refractivity (Wildman–Crippen MR) is 107 cm³/mol. The van der Waals surface area contributed by atoms with E-state index < -0.39 is 0 Å². The van der Waals surface area contributed by atoms with Crippen LogP contribution in [0.2, 0.25) is 0 Å². The van der Waals surface area contributed by atoms with Crippen LogP contribution in [0.5, 0.6) is 0 Å². The monoisotopic (exact) mass is 368 g/mol. The highest BCUT2D eigenvalue weighted by molar-refractivity contribution is 5.40. The quantitative estimate of drug-likeness (QED) is 0.520. The van der Waals surface area contributed by atoms with Crippen LogP contribution in [0.25, 0.3) is 0 Å². The molecule has 2 aromatic rings. The van der Waals surface area contributed by atoms with Crippen molar-refractivity contribution in [1.82, 2.24) is 0 Å². The molecule has 0 aliphatic heterocycles. The fraction of sp³-hybridized carbons (Fsp3) is 0.520. The molecule has 0 amide bonds. The minimum Gasteiger partial charge on any atom is -0.206 e. The second-order valence-corrected chi connectivity index (χ2v) is 8.65. The number of halogens is 2. The third-order valence-corrected chi connectivity index (χ3v) is 6.88. The molecule has 0 bridgehead atoms. The number of aryl methyl sites for hydroxylation is 4. The van der Waals surface area contributed by atoms with E-state index in [-0.39, 0.29) is 11.6 Å². The van der Waals surface area contributed by atoms with E-state index in [1.165, 1.54) is 19.3 Å². The van der Waals surface area contributed by atoms with Crippen molar-refractivity contribution in [2.24, 2.45) is 0 Å². The van der Waals surface area contributed by atoms with Gasteiger partial charge < -0.3 is 0 Å². The van der Waals surface area contributed by atoms with Crippen LogP contribution in [-0.2, 0) is 12.8 Å². The van der Waals surface area contributed by atoms with Crippen LogP contribution in [0.1, 0.15) is 90.2 Å². The minimum atomic E-state index is -0.0341. The Bertz CT molecular complexity index is 827. The lowest BCUT2D eigenvalue weighted by molar-refractivity contribution is 0.400. The van der Waals surface area contributed by atoms with E-state index in [9.17, 15) is 4.39 Å². The van der Waals surface area contributed by atoms with Crippen molar-refractivity contribution in [2.75, 3.05) is 0 Å². The summed E-state index contributed by atoms with van der Waals surface area (Å²) in [5, 5.41) is 0. The molecular formula is C25H30F2. The zero-order chi connectivity index (χ0) is 19.0. The van der Waals surface area contributed by atoms with Gasteiger partial charge in [-0.2, -0.15) is 0 Å². The Hall–Kier alpha value is -1.70. The maximum atomic E-state index is 15.3. The molecular weight excluding hydrogens is 338 g/mol. The standard InChI is InChI=1S/C25H30F2/c1-16-10-13-21(25(27)22(16)18-6-3-4-7-18)15-14-20-12-11-17(2)24(26)23(20)19-8-5-9-19/h10-13,18-19H,3-9,14-15H2,1-2H3. The lowest BCUT2D eigenvalue weighted by Gasteiger charge is -2.29. The van der Waals surface area contributed by atoms with E-state index in [0.717, 1.165) is 59.1 Å². The zero-order valence-electron chi connectivity index (χ0n) is 16.6. The number of hydrogen-bond acceptors (Lipinski definition) is 0. The average molecular weight is 369 g/mol. The molecule has 144 valence electrons. The Kier molecular flexibility index (Phi) is 5.34. The molecule has 2 saturated carbocycles. The van der Waals surface area contributed by atoms with Crippen molar-refractivity contribution in [3.8, 4) is 0 Å². The lowest BCUT2D eigenvalue weighted by Crippen LogP contribution is -2.15. The molecule has 0 N–H and O–H groups in total. The summed E-state index contributed by atoms with van der Waals surface area (Å²) in [7, 11) is 0. The SMILES string of the molecule is Cc1ccc(CCc2ccc(C)c(C3CCCC3)c2F)c(C2CCC2)c1F. The maximum absolute atomic E-state index is 15.3. The van der Waals surface area contributed by atoms with Crippen molar-refractivity contribution >= 4 is 0 Å². The summed E-state index contributed by atoms with van der Waals surface area (Å²) >= 11 is 0. The van der Waals surface area contributed by atoms with Crippen molar-refractivity contribution in [1.29, 1.82) is 0 Å². The Morgan fingerprint density at radius 3 is 1.89 bits per heavy atom. The van der Waals surface area contributed by atoms with Gasteiger partial charge in [0.1, 0.15) is 11.6 Å². The van der Waals surface area contributed by atoms with Gasteiger partial charge in [-0.15, -0.1) is 0 Å². The van der Waals surface area contributed by atoms with Crippen LogP contribution in [-0.4, -0.2) is 0 Å². The highest BCUT2D eigenvalue weighted by atomic mass is 19.1. The van der Waals surface area contributed by atoms with Gasteiger partial charge >= 0.3 is 0 Å². The Morgan fingerprint density at radius 1 is 0.667 bits per heavy atom. The second kappa shape index (κ2) is 7.73. The van der Waals surface area contributed by atoms with Crippen LogP contribution >= 0.6 is 0 Å². The smallest absolute Gasteiger partial charge is 0.130 e. The predicted octanol–water partition coefficient (Wildman–Crippen LogP) is 7.29. The molecule has 4 rings (SSSR count). The highest BCUT2D eigenvalue weighted by Gasteiger charge is 2.27. The van der Waals surface area contributed by atoms with Gasteiger partial charge in [-0.25, -0.2) is 8.78 Å². The molecule has 0 saturated heterocycles. The van der Waals surface area contributed by atoms with Crippen molar-refractivity contribution in [3.05, 3.63) is 69.3 Å². The molecule has 27 heavy (non-hydrogen) atoms. The zero-order valence-corrected chi connectivity index (χ0v) is 16.6. The summed E-state index contributed by atoms with van der Waals surface area (Å²) in [5.74, 6) is 0.706. The van der Waals surface area contributed by atoms with Gasteiger partial charge in [-0.3, -0.25) is 0 Å². The van der Waals surface area contributed by atoms with E-state index in [2.05, 4.69) is 12.1 Å². The Labute approximate surface area is 162 Å². The molecule has 2 heteroatoms. The molecule has 0 spiro atoms. The van der Waals surface area contributed by atoms with Crippen LogP contribution in [0.3, 0.4) is 0 Å². The minimum absolute atomic E-state index is 0.000298. The number of hydrogen-bond donors (Lipinski definition) is 0. The van der Waals surface area contributed by atoms with Crippen LogP contribution in [0.15, 0.2) is 24.3 Å². The van der Waals surface area contributed by atoms with Gasteiger partial charge in [0.2, 0.25) is 0 Å². The number of rotatable bonds is 5. The van der Waals surface area contributed by atoms with E-state index in [1.807, 2.05) is 26.0 Å². The van der Waals surface area contributed by atoms with Crippen molar-refractivity contribution < 1.29 is 8.78 Å². The van der Waals surface area contributed by atoms with E-state index >= 15 is 4.39 Å². The molecule has 2 aliphatic rings. The summed E-state index contributed by atoms with van der Waals surface area (Å²) in [4.78, 5) is 0. The first-order chi connectivity index (χ1) is 13.1. The Morgan fingerprint density at radius 2 is 1.22 bits per heavy atom. The first kappa shape index (κ1) is 18.7. The van der Waals surface area contributed by atoms with Crippen LogP contribution in [0, 0.1) is 25.5 Å². The highest BCUT2D eigenvalue weighted by Crippen LogP contribution is 2.41. The van der Waals surface area contributed by atoms with Crippen molar-refractivity contribution in [2.45, 2.75) is 83.5 Å². The summed E-state index contributed by atoms with van der Waals surface area (Å²) < 4.78 is 30.1. The lowest BCUT2D eigenvalue weighted by atomic mass is 9.76. The van der Waals surface area contributed by atoms with E-state index in [1.54, 1.807) is 0 Å². The third-order valence-electron chi connectivity index (χ3n) is 6.88. The second-order valence-electron chi connectivity index (χ2n) is 8.65. The fourth-order valence-corrected chi connectivity index (χ4v) is 5.01. The third kappa shape index (κ3) is 3.56. The van der Waals surface area contributed by atoms with Gasteiger partial charge in [0.15, 0.2) is 0 Å². The Balaban J connectivity index is 1.59. The molecule has 0 atom stereocenters.